The van der Waals surface area contributed by atoms with Gasteiger partial charge < -0.3 is 0 Å². The van der Waals surface area contributed by atoms with Crippen LogP contribution in [0.5, 0.6) is 0 Å². The minimum Gasteiger partial charge on any atom is -0.298 e. The molecular formula is C15H12N4OS. The van der Waals surface area contributed by atoms with Crippen LogP contribution >= 0.6 is 11.3 Å². The zero-order chi connectivity index (χ0) is 14.7. The van der Waals surface area contributed by atoms with Gasteiger partial charge in [-0.1, -0.05) is 17.4 Å². The van der Waals surface area contributed by atoms with E-state index in [1.54, 1.807) is 36.9 Å². The number of hydrogen-bond acceptors (Lipinski definition) is 5. The Balaban J connectivity index is 1.84. The first kappa shape index (κ1) is 13.4. The van der Waals surface area contributed by atoms with Gasteiger partial charge in [0.1, 0.15) is 0 Å². The number of aryl methyl sites for hydroxylation is 1. The minimum atomic E-state index is -0.191. The Morgan fingerprint density at radius 3 is 2.67 bits per heavy atom. The van der Waals surface area contributed by atoms with E-state index in [4.69, 9.17) is 0 Å². The summed E-state index contributed by atoms with van der Waals surface area (Å²) in [6.07, 6.45) is 6.69. The molecule has 0 bridgehead atoms. The summed E-state index contributed by atoms with van der Waals surface area (Å²) >= 11 is 1.44. The van der Waals surface area contributed by atoms with Crippen LogP contribution in [0.25, 0.3) is 10.4 Å². The van der Waals surface area contributed by atoms with E-state index < -0.39 is 0 Å². The summed E-state index contributed by atoms with van der Waals surface area (Å²) in [5, 5.41) is 3.39. The summed E-state index contributed by atoms with van der Waals surface area (Å²) in [6, 6.07) is 7.18. The molecule has 1 N–H and O–H groups in total. The predicted octanol–water partition coefficient (Wildman–Crippen LogP) is 3.16. The van der Waals surface area contributed by atoms with Crippen LogP contribution in [0.2, 0.25) is 0 Å². The molecule has 0 saturated carbocycles. The minimum absolute atomic E-state index is 0.191. The van der Waals surface area contributed by atoms with Gasteiger partial charge in [-0.2, -0.15) is 0 Å². The van der Waals surface area contributed by atoms with Crippen molar-refractivity contribution < 1.29 is 4.79 Å². The van der Waals surface area contributed by atoms with Gasteiger partial charge in [0.05, 0.1) is 10.6 Å². The zero-order valence-corrected chi connectivity index (χ0v) is 12.1. The molecule has 5 nitrogen and oxygen atoms in total. The van der Waals surface area contributed by atoms with E-state index in [2.05, 4.69) is 20.3 Å². The van der Waals surface area contributed by atoms with Gasteiger partial charge in [0.15, 0.2) is 5.13 Å². The lowest BCUT2D eigenvalue weighted by Gasteiger charge is -2.00. The van der Waals surface area contributed by atoms with Gasteiger partial charge in [0.25, 0.3) is 5.91 Å². The highest BCUT2D eigenvalue weighted by molar-refractivity contribution is 7.19. The van der Waals surface area contributed by atoms with Crippen LogP contribution < -0.4 is 5.32 Å². The average molecular weight is 296 g/mol. The molecule has 0 aromatic carbocycles. The topological polar surface area (TPSA) is 67.8 Å². The van der Waals surface area contributed by atoms with Gasteiger partial charge in [-0.15, -0.1) is 0 Å². The Hall–Kier alpha value is -2.60. The van der Waals surface area contributed by atoms with Gasteiger partial charge in [-0.3, -0.25) is 20.1 Å². The molecule has 6 heteroatoms. The molecule has 0 saturated heterocycles. The quantitative estimate of drug-likeness (QED) is 0.806. The van der Waals surface area contributed by atoms with E-state index in [0.717, 1.165) is 16.1 Å². The number of carbonyl (C=O) groups excluding carboxylic acids is 1. The largest absolute Gasteiger partial charge is 0.298 e. The monoisotopic (exact) mass is 296 g/mol. The Bertz CT molecular complexity index is 756. The Kier molecular flexibility index (Phi) is 3.70. The molecule has 0 radical (unpaired) electrons. The van der Waals surface area contributed by atoms with E-state index >= 15 is 0 Å². The second-order valence-electron chi connectivity index (χ2n) is 4.37. The lowest BCUT2D eigenvalue weighted by molar-refractivity contribution is 0.102. The molecule has 0 fully saturated rings. The van der Waals surface area contributed by atoms with Crippen molar-refractivity contribution >= 4 is 22.4 Å². The summed E-state index contributed by atoms with van der Waals surface area (Å²) in [6.45, 7) is 1.92. The van der Waals surface area contributed by atoms with Crippen LogP contribution in [0.1, 0.15) is 16.1 Å². The number of nitrogens with one attached hydrogen (secondary N) is 1. The van der Waals surface area contributed by atoms with Gasteiger partial charge in [0, 0.05) is 35.9 Å². The summed E-state index contributed by atoms with van der Waals surface area (Å²) in [5.74, 6) is -0.191. The summed E-state index contributed by atoms with van der Waals surface area (Å²) < 4.78 is 0. The predicted molar refractivity (Wildman–Crippen MR) is 82.3 cm³/mol. The molecule has 1 amide bonds. The van der Waals surface area contributed by atoms with E-state index in [0.29, 0.717) is 10.7 Å². The zero-order valence-electron chi connectivity index (χ0n) is 11.3. The third-order valence-corrected chi connectivity index (χ3v) is 4.01. The number of thiazole rings is 1. The maximum absolute atomic E-state index is 12.1. The molecule has 3 aromatic heterocycles. The Morgan fingerprint density at radius 2 is 1.95 bits per heavy atom. The molecule has 0 atom stereocenters. The van der Waals surface area contributed by atoms with Crippen molar-refractivity contribution in [3.8, 4) is 10.4 Å². The number of aromatic nitrogens is 3. The highest BCUT2D eigenvalue weighted by Gasteiger charge is 2.13. The van der Waals surface area contributed by atoms with Crippen molar-refractivity contribution in [1.82, 2.24) is 15.0 Å². The fraction of sp³-hybridized carbons (Fsp3) is 0.0667. The smallest absolute Gasteiger partial charge is 0.257 e. The van der Waals surface area contributed by atoms with E-state index in [9.17, 15) is 4.79 Å². The van der Waals surface area contributed by atoms with Crippen molar-refractivity contribution in [1.29, 1.82) is 0 Å². The third kappa shape index (κ3) is 2.95. The summed E-state index contributed by atoms with van der Waals surface area (Å²) in [5.41, 5.74) is 2.43. The third-order valence-electron chi connectivity index (χ3n) is 2.88. The molecule has 3 rings (SSSR count). The fourth-order valence-electron chi connectivity index (χ4n) is 1.89. The van der Waals surface area contributed by atoms with Gasteiger partial charge >= 0.3 is 0 Å². The number of carbonyl (C=O) groups is 1. The highest BCUT2D eigenvalue weighted by atomic mass is 32.1. The first-order valence-electron chi connectivity index (χ1n) is 6.33. The maximum atomic E-state index is 12.1. The number of nitrogens with zero attached hydrogens (tertiary/aromatic N) is 3. The van der Waals surface area contributed by atoms with Crippen LogP contribution in [-0.4, -0.2) is 20.9 Å². The highest BCUT2D eigenvalue weighted by Crippen LogP contribution is 2.32. The normalized spacial score (nSPS) is 10.3. The molecular weight excluding hydrogens is 284 g/mol. The summed E-state index contributed by atoms with van der Waals surface area (Å²) in [7, 11) is 0. The van der Waals surface area contributed by atoms with Crippen molar-refractivity contribution in [2.24, 2.45) is 0 Å². The van der Waals surface area contributed by atoms with Gasteiger partial charge in [-0.25, -0.2) is 4.98 Å². The standard InChI is InChI=1S/C15H12N4OS/c1-10-13(12-3-2-6-17-9-12)21-15(18-10)19-14(20)11-4-7-16-8-5-11/h2-9H,1H3,(H,18,19,20). The number of rotatable bonds is 3. The van der Waals surface area contributed by atoms with Crippen LogP contribution in [-0.2, 0) is 0 Å². The van der Waals surface area contributed by atoms with Gasteiger partial charge in [-0.05, 0) is 25.1 Å². The molecule has 0 aliphatic carbocycles. The van der Waals surface area contributed by atoms with Crippen LogP contribution in [0.15, 0.2) is 49.1 Å². The molecule has 0 aliphatic rings. The van der Waals surface area contributed by atoms with Crippen LogP contribution in [0, 0.1) is 6.92 Å². The molecule has 3 heterocycles. The number of anilines is 1. The molecule has 0 aliphatic heterocycles. The van der Waals surface area contributed by atoms with Gasteiger partial charge in [0.2, 0.25) is 0 Å². The summed E-state index contributed by atoms with van der Waals surface area (Å²) in [4.78, 5) is 25.5. The first-order chi connectivity index (χ1) is 10.2. The van der Waals surface area contributed by atoms with Crippen LogP contribution in [0.4, 0.5) is 5.13 Å². The molecule has 0 spiro atoms. The van der Waals surface area contributed by atoms with E-state index in [1.165, 1.54) is 11.3 Å². The number of hydrogen-bond donors (Lipinski definition) is 1. The van der Waals surface area contributed by atoms with E-state index in [1.807, 2.05) is 19.1 Å². The Morgan fingerprint density at radius 1 is 1.14 bits per heavy atom. The SMILES string of the molecule is Cc1nc(NC(=O)c2ccncc2)sc1-c1cccnc1. The molecule has 104 valence electrons. The van der Waals surface area contributed by atoms with Crippen molar-refractivity contribution in [3.63, 3.8) is 0 Å². The Labute approximate surface area is 125 Å². The molecule has 21 heavy (non-hydrogen) atoms. The number of amides is 1. The lowest BCUT2D eigenvalue weighted by atomic mass is 10.2. The lowest BCUT2D eigenvalue weighted by Crippen LogP contribution is -2.11. The molecule has 0 unspecified atom stereocenters. The molecule has 3 aromatic rings. The van der Waals surface area contributed by atoms with Crippen molar-refractivity contribution in [2.45, 2.75) is 6.92 Å². The second kappa shape index (κ2) is 5.80. The fourth-order valence-corrected chi connectivity index (χ4v) is 2.84. The average Bonchev–Trinajstić information content (AvgIpc) is 2.89. The van der Waals surface area contributed by atoms with Crippen molar-refractivity contribution in [3.05, 3.63) is 60.3 Å². The number of pyridine rings is 2. The van der Waals surface area contributed by atoms with Crippen LogP contribution in [0.3, 0.4) is 0 Å². The first-order valence-corrected chi connectivity index (χ1v) is 7.15. The second-order valence-corrected chi connectivity index (χ2v) is 5.36. The maximum Gasteiger partial charge on any atom is 0.257 e. The van der Waals surface area contributed by atoms with Crippen molar-refractivity contribution in [2.75, 3.05) is 5.32 Å². The van der Waals surface area contributed by atoms with E-state index in [-0.39, 0.29) is 5.91 Å².